The summed E-state index contributed by atoms with van der Waals surface area (Å²) in [6.07, 6.45) is 7.54. The second-order valence-corrected chi connectivity index (χ2v) is 19.8. The third-order valence-corrected chi connectivity index (χ3v) is 14.3. The van der Waals surface area contributed by atoms with Gasteiger partial charge in [0, 0.05) is 72.1 Å². The second kappa shape index (κ2) is 22.5. The molecule has 0 amide bonds. The largest absolute Gasteiger partial charge is 0.501 e. The van der Waals surface area contributed by atoms with Crippen LogP contribution in [0.2, 0.25) is 5.02 Å². The van der Waals surface area contributed by atoms with Gasteiger partial charge in [-0.25, -0.2) is 18.4 Å². The van der Waals surface area contributed by atoms with Gasteiger partial charge >= 0.3 is 5.51 Å². The first kappa shape index (κ1) is 48.1. The van der Waals surface area contributed by atoms with Gasteiger partial charge in [-0.15, -0.1) is 11.8 Å². The van der Waals surface area contributed by atoms with Crippen LogP contribution >= 0.6 is 23.4 Å². The molecule has 5 aromatic rings. The smallest absolute Gasteiger partial charge is 0.380 e. The molecular formula is C48H59ClF3N7O2S2. The topological polar surface area (TPSA) is 93.7 Å². The normalized spacial score (nSPS) is 14.8. The quantitative estimate of drug-likeness (QED) is 0.0693. The third kappa shape index (κ3) is 13.1. The van der Waals surface area contributed by atoms with Crippen molar-refractivity contribution in [1.29, 1.82) is 0 Å². The number of piperazine rings is 1. The van der Waals surface area contributed by atoms with Gasteiger partial charge in [-0.2, -0.15) is 13.2 Å². The number of rotatable bonds is 21. The lowest BCUT2D eigenvalue weighted by Gasteiger charge is -2.37. The number of halogens is 4. The average molecular weight is 923 g/mol. The number of sulfone groups is 1. The molecule has 0 spiro atoms. The van der Waals surface area contributed by atoms with E-state index in [4.69, 9.17) is 11.6 Å². The molecule has 1 fully saturated rings. The molecule has 1 aliphatic rings. The van der Waals surface area contributed by atoms with Crippen molar-refractivity contribution >= 4 is 66.9 Å². The Bertz CT molecular complexity index is 2390. The van der Waals surface area contributed by atoms with Crippen molar-refractivity contribution in [3.05, 3.63) is 119 Å². The zero-order valence-electron chi connectivity index (χ0n) is 36.6. The van der Waals surface area contributed by atoms with Gasteiger partial charge in [0.05, 0.1) is 16.1 Å². The Hall–Kier alpha value is -4.34. The number of hydrogen-bond acceptors (Lipinski definition) is 10. The molecule has 338 valence electrons. The lowest BCUT2D eigenvalue weighted by Crippen LogP contribution is -2.47. The summed E-state index contributed by atoms with van der Waals surface area (Å²) < 4.78 is 68.5. The monoisotopic (exact) mass is 921 g/mol. The van der Waals surface area contributed by atoms with Crippen LogP contribution in [0.4, 0.5) is 30.4 Å². The summed E-state index contributed by atoms with van der Waals surface area (Å²) in [5.74, 6) is 1.02. The molecule has 2 N–H and O–H groups in total. The van der Waals surface area contributed by atoms with Crippen molar-refractivity contribution in [2.45, 2.75) is 80.3 Å². The minimum atomic E-state index is -5.69. The van der Waals surface area contributed by atoms with Gasteiger partial charge in [-0.1, -0.05) is 80.3 Å². The number of unbranched alkanes of at least 4 members (excludes halogenated alkanes) is 1. The maximum atomic E-state index is 14.1. The van der Waals surface area contributed by atoms with Crippen LogP contribution in [0.3, 0.4) is 0 Å². The minimum Gasteiger partial charge on any atom is -0.380 e. The first-order chi connectivity index (χ1) is 30.2. The minimum absolute atomic E-state index is 0.0387. The predicted octanol–water partition coefficient (Wildman–Crippen LogP) is 11.3. The molecule has 1 atom stereocenters. The first-order valence-corrected chi connectivity index (χ1v) is 24.6. The lowest BCUT2D eigenvalue weighted by molar-refractivity contribution is -0.0435. The van der Waals surface area contributed by atoms with Gasteiger partial charge in [-0.05, 0) is 118 Å². The molecule has 0 unspecified atom stereocenters. The van der Waals surface area contributed by atoms with Crippen molar-refractivity contribution < 1.29 is 21.6 Å². The standard InChI is InChI=1S/C48H59ClF3N7O2S2/c1-5-7-14-42(36-16-18-38(49)19-17-36)37(11-6-2)32-58-25-27-59(28-26-58)40-20-21-43-45(30-40)54-34-55-47(43)53-31-35-15-22-44(46(29-35)63(60,61)48(50,51)52)56-39(23-24-57(3)4)33-62-41-12-9-8-10-13-41/h8-10,12-13,15-22,29-30,34,39,56H,5-7,11,14,23-28,31-33H2,1-4H3,(H,53,54,55)/b42-37-/t39-/m1/s1. The molecule has 0 saturated carbocycles. The summed E-state index contributed by atoms with van der Waals surface area (Å²) in [6.45, 7) is 9.69. The van der Waals surface area contributed by atoms with Crippen LogP contribution in [0.25, 0.3) is 16.5 Å². The molecule has 63 heavy (non-hydrogen) atoms. The number of benzene rings is 4. The number of thioether (sulfide) groups is 1. The van der Waals surface area contributed by atoms with E-state index >= 15 is 0 Å². The number of anilines is 3. The Kier molecular flexibility index (Phi) is 17.2. The van der Waals surface area contributed by atoms with Gasteiger partial charge in [0.15, 0.2) is 0 Å². The lowest BCUT2D eigenvalue weighted by atomic mass is 9.92. The molecule has 6 rings (SSSR count). The number of hydrogen-bond donors (Lipinski definition) is 2. The van der Waals surface area contributed by atoms with E-state index in [9.17, 15) is 21.6 Å². The Morgan fingerprint density at radius 2 is 1.65 bits per heavy atom. The Balaban J connectivity index is 1.15. The van der Waals surface area contributed by atoms with Crippen LogP contribution in [-0.4, -0.2) is 98.9 Å². The molecule has 0 bridgehead atoms. The highest BCUT2D eigenvalue weighted by molar-refractivity contribution is 7.99. The zero-order valence-corrected chi connectivity index (χ0v) is 39.0. The summed E-state index contributed by atoms with van der Waals surface area (Å²) in [5, 5.41) is 7.89. The van der Waals surface area contributed by atoms with E-state index in [-0.39, 0.29) is 18.3 Å². The molecule has 2 heterocycles. The van der Waals surface area contributed by atoms with Crippen molar-refractivity contribution in [1.82, 2.24) is 19.8 Å². The summed E-state index contributed by atoms with van der Waals surface area (Å²) in [5.41, 5.74) is 0.793. The Labute approximate surface area is 380 Å². The second-order valence-electron chi connectivity index (χ2n) is 16.3. The molecule has 0 radical (unpaired) electrons. The van der Waals surface area contributed by atoms with Gasteiger partial charge in [0.25, 0.3) is 9.84 Å². The van der Waals surface area contributed by atoms with E-state index in [2.05, 4.69) is 62.4 Å². The van der Waals surface area contributed by atoms with Crippen LogP contribution < -0.4 is 15.5 Å². The Morgan fingerprint density at radius 1 is 0.905 bits per heavy atom. The highest BCUT2D eigenvalue weighted by Gasteiger charge is 2.48. The van der Waals surface area contributed by atoms with Gasteiger partial charge < -0.3 is 20.4 Å². The van der Waals surface area contributed by atoms with Gasteiger partial charge in [0.2, 0.25) is 0 Å². The fourth-order valence-corrected chi connectivity index (χ4v) is 9.94. The number of nitrogens with zero attached hydrogens (tertiary/aromatic N) is 5. The van der Waals surface area contributed by atoms with Gasteiger partial charge in [-0.3, -0.25) is 4.90 Å². The van der Waals surface area contributed by atoms with Crippen molar-refractivity contribution in [2.75, 3.05) is 74.7 Å². The molecule has 1 saturated heterocycles. The van der Waals surface area contributed by atoms with Crippen LogP contribution in [0.1, 0.15) is 63.5 Å². The zero-order chi connectivity index (χ0) is 45.0. The number of aromatic nitrogens is 2. The van der Waals surface area contributed by atoms with E-state index in [0.717, 1.165) is 97.4 Å². The predicted molar refractivity (Wildman–Crippen MR) is 256 cm³/mol. The van der Waals surface area contributed by atoms with Crippen molar-refractivity contribution in [2.24, 2.45) is 0 Å². The number of nitrogens with one attached hydrogen (secondary N) is 2. The molecule has 15 heteroatoms. The summed E-state index contributed by atoms with van der Waals surface area (Å²) in [4.78, 5) is 16.1. The van der Waals surface area contributed by atoms with E-state index in [1.165, 1.54) is 29.1 Å². The van der Waals surface area contributed by atoms with Crippen LogP contribution in [-0.2, 0) is 16.4 Å². The average Bonchev–Trinajstić information content (AvgIpc) is 3.27. The third-order valence-electron chi connectivity index (χ3n) is 11.3. The molecule has 1 aromatic heterocycles. The SMILES string of the molecule is CCCC/C(=C(\CCC)CN1CCN(c2ccc3c(NCc4ccc(N[C@H](CCN(C)C)CSc5ccccc5)c(S(=O)(=O)C(F)(F)F)c4)ncnc3c2)CC1)c1ccc(Cl)cc1. The van der Waals surface area contributed by atoms with Gasteiger partial charge in [0.1, 0.15) is 12.1 Å². The fourth-order valence-electron chi connectivity index (χ4n) is 7.85. The van der Waals surface area contributed by atoms with Crippen LogP contribution in [0.15, 0.2) is 113 Å². The highest BCUT2D eigenvalue weighted by atomic mass is 35.5. The highest BCUT2D eigenvalue weighted by Crippen LogP contribution is 2.37. The van der Waals surface area contributed by atoms with Crippen molar-refractivity contribution in [3.63, 3.8) is 0 Å². The van der Waals surface area contributed by atoms with E-state index in [1.54, 1.807) is 17.8 Å². The number of fused-ring (bicyclic) bond motifs is 1. The van der Waals surface area contributed by atoms with E-state index < -0.39 is 20.2 Å². The number of alkyl halides is 3. The van der Waals surface area contributed by atoms with Crippen LogP contribution in [0, 0.1) is 0 Å². The summed E-state index contributed by atoms with van der Waals surface area (Å²) in [7, 11) is -1.85. The Morgan fingerprint density at radius 3 is 2.33 bits per heavy atom. The van der Waals surface area contributed by atoms with Crippen molar-refractivity contribution in [3.8, 4) is 0 Å². The summed E-state index contributed by atoms with van der Waals surface area (Å²) in [6, 6.07) is 27.9. The maximum absolute atomic E-state index is 14.1. The molecule has 1 aliphatic heterocycles. The summed E-state index contributed by atoms with van der Waals surface area (Å²) >= 11 is 7.81. The number of allylic oxidation sites excluding steroid dienone is 1. The fraction of sp³-hybridized carbons (Fsp3) is 0.417. The molecule has 9 nitrogen and oxygen atoms in total. The van der Waals surface area contributed by atoms with E-state index in [1.807, 2.05) is 73.6 Å². The molecule has 4 aromatic carbocycles. The van der Waals surface area contributed by atoms with E-state index in [0.29, 0.717) is 30.1 Å². The van der Waals surface area contributed by atoms with Crippen LogP contribution in [0.5, 0.6) is 0 Å². The maximum Gasteiger partial charge on any atom is 0.501 e. The first-order valence-electron chi connectivity index (χ1n) is 21.7. The molecular weight excluding hydrogens is 863 g/mol. The molecule has 0 aliphatic carbocycles.